The summed E-state index contributed by atoms with van der Waals surface area (Å²) in [6.07, 6.45) is -4.41. The first-order valence-electron chi connectivity index (χ1n) is 7.52. The average Bonchev–Trinajstić information content (AvgIpc) is 2.60. The molecular weight excluding hydrogens is 375 g/mol. The predicted molar refractivity (Wildman–Crippen MR) is 88.4 cm³/mol. The van der Waals surface area contributed by atoms with Crippen LogP contribution in [0.15, 0.2) is 36.4 Å². The van der Waals surface area contributed by atoms with Crippen molar-refractivity contribution < 1.29 is 32.2 Å². The number of carbonyl (C=O) groups excluding carboxylic acids is 1. The van der Waals surface area contributed by atoms with E-state index < -0.39 is 18.7 Å². The van der Waals surface area contributed by atoms with E-state index in [0.29, 0.717) is 30.4 Å². The monoisotopic (exact) mass is 387 g/mol. The number of benzene rings is 2. The van der Waals surface area contributed by atoms with Gasteiger partial charge in [0, 0.05) is 11.3 Å². The first-order chi connectivity index (χ1) is 12.3. The molecule has 0 saturated heterocycles. The zero-order valence-electron chi connectivity index (χ0n) is 13.2. The molecule has 5 nitrogen and oxygen atoms in total. The van der Waals surface area contributed by atoms with Gasteiger partial charge in [-0.1, -0.05) is 11.6 Å². The topological polar surface area (TPSA) is 56.8 Å². The Morgan fingerprint density at radius 1 is 1.15 bits per heavy atom. The number of halogens is 4. The Morgan fingerprint density at radius 3 is 2.54 bits per heavy atom. The van der Waals surface area contributed by atoms with Gasteiger partial charge in [0.05, 0.1) is 5.02 Å². The van der Waals surface area contributed by atoms with Gasteiger partial charge in [-0.25, -0.2) is 0 Å². The molecule has 0 aliphatic carbocycles. The molecule has 1 aliphatic rings. The number of ether oxygens (including phenoxy) is 3. The zero-order valence-corrected chi connectivity index (χ0v) is 14.0. The van der Waals surface area contributed by atoms with Gasteiger partial charge in [0.15, 0.2) is 18.1 Å². The fraction of sp³-hybridized carbons (Fsp3) is 0.235. The van der Waals surface area contributed by atoms with Crippen LogP contribution in [0.5, 0.6) is 17.2 Å². The highest BCUT2D eigenvalue weighted by atomic mass is 35.5. The molecule has 1 amide bonds. The van der Waals surface area contributed by atoms with Gasteiger partial charge in [-0.2, -0.15) is 13.2 Å². The number of hydrogen-bond donors (Lipinski definition) is 1. The molecule has 0 saturated carbocycles. The second kappa shape index (κ2) is 7.33. The molecule has 1 aliphatic heterocycles. The zero-order chi connectivity index (χ0) is 18.7. The fourth-order valence-corrected chi connectivity index (χ4v) is 2.51. The van der Waals surface area contributed by atoms with Crippen LogP contribution in [0.4, 0.5) is 18.9 Å². The highest BCUT2D eigenvalue weighted by Gasteiger charge is 2.28. The maximum atomic E-state index is 12.3. The van der Waals surface area contributed by atoms with E-state index in [2.05, 4.69) is 10.1 Å². The summed E-state index contributed by atoms with van der Waals surface area (Å²) in [7, 11) is 0. The molecule has 1 N–H and O–H groups in total. The van der Waals surface area contributed by atoms with Crippen LogP contribution in [0.1, 0.15) is 10.4 Å². The quantitative estimate of drug-likeness (QED) is 0.849. The molecule has 0 aromatic heterocycles. The van der Waals surface area contributed by atoms with Crippen LogP contribution in [0, 0.1) is 0 Å². The van der Waals surface area contributed by atoms with Gasteiger partial charge in [-0.3, -0.25) is 4.79 Å². The normalized spacial score (nSPS) is 13.2. The van der Waals surface area contributed by atoms with Crippen LogP contribution in [-0.4, -0.2) is 31.9 Å². The standard InChI is InChI=1S/C17H13ClF3NO4/c18-13-7-10(8-14-15(13)25-6-5-24-14)16(23)22-11-1-3-12(4-2-11)26-9-17(19,20)21/h1-4,7-8H,5-6,9H2,(H,22,23). The molecule has 0 atom stereocenters. The highest BCUT2D eigenvalue weighted by Crippen LogP contribution is 2.38. The SMILES string of the molecule is O=C(Nc1ccc(OCC(F)(F)F)cc1)c1cc(Cl)c2c(c1)OCCO2. The van der Waals surface area contributed by atoms with Gasteiger partial charge in [0.25, 0.3) is 5.91 Å². The van der Waals surface area contributed by atoms with Crippen LogP contribution >= 0.6 is 11.6 Å². The van der Waals surface area contributed by atoms with Crippen molar-refractivity contribution in [2.75, 3.05) is 25.1 Å². The van der Waals surface area contributed by atoms with E-state index in [1.807, 2.05) is 0 Å². The van der Waals surface area contributed by atoms with E-state index in [0.717, 1.165) is 0 Å². The number of hydrogen-bond acceptors (Lipinski definition) is 4. The largest absolute Gasteiger partial charge is 0.486 e. The lowest BCUT2D eigenvalue weighted by Crippen LogP contribution is -2.19. The summed E-state index contributed by atoms with van der Waals surface area (Å²) >= 11 is 6.09. The number of fused-ring (bicyclic) bond motifs is 1. The molecule has 0 spiro atoms. The minimum Gasteiger partial charge on any atom is -0.486 e. The number of amides is 1. The minimum atomic E-state index is -4.41. The Hall–Kier alpha value is -2.61. The smallest absolute Gasteiger partial charge is 0.422 e. The van der Waals surface area contributed by atoms with Gasteiger partial charge in [0.1, 0.15) is 19.0 Å². The summed E-state index contributed by atoms with van der Waals surface area (Å²) in [4.78, 5) is 12.3. The van der Waals surface area contributed by atoms with Crippen molar-refractivity contribution >= 4 is 23.2 Å². The Morgan fingerprint density at radius 2 is 1.85 bits per heavy atom. The third kappa shape index (κ3) is 4.51. The Kier molecular flexibility index (Phi) is 5.13. The fourth-order valence-electron chi connectivity index (χ4n) is 2.24. The molecule has 26 heavy (non-hydrogen) atoms. The lowest BCUT2D eigenvalue weighted by atomic mass is 10.1. The van der Waals surface area contributed by atoms with Gasteiger partial charge < -0.3 is 19.5 Å². The summed E-state index contributed by atoms with van der Waals surface area (Å²) in [5, 5.41) is 2.87. The molecule has 3 rings (SSSR count). The number of nitrogens with one attached hydrogen (secondary N) is 1. The van der Waals surface area contributed by atoms with E-state index in [1.54, 1.807) is 0 Å². The van der Waals surface area contributed by atoms with E-state index in [9.17, 15) is 18.0 Å². The Balaban J connectivity index is 1.67. The molecule has 138 valence electrons. The van der Waals surface area contributed by atoms with Crippen LogP contribution in [0.2, 0.25) is 5.02 Å². The molecule has 0 radical (unpaired) electrons. The summed E-state index contributed by atoms with van der Waals surface area (Å²) < 4.78 is 51.8. The number of anilines is 1. The first kappa shape index (κ1) is 18.2. The second-order valence-corrected chi connectivity index (χ2v) is 5.77. The lowest BCUT2D eigenvalue weighted by Gasteiger charge is -2.20. The third-order valence-electron chi connectivity index (χ3n) is 3.37. The molecular formula is C17H13ClF3NO4. The van der Waals surface area contributed by atoms with Crippen LogP contribution in [0.25, 0.3) is 0 Å². The van der Waals surface area contributed by atoms with E-state index in [1.165, 1.54) is 36.4 Å². The van der Waals surface area contributed by atoms with Gasteiger partial charge in [-0.15, -0.1) is 0 Å². The molecule has 2 aromatic rings. The maximum Gasteiger partial charge on any atom is 0.422 e. The maximum absolute atomic E-state index is 12.3. The lowest BCUT2D eigenvalue weighted by molar-refractivity contribution is -0.153. The number of alkyl halides is 3. The van der Waals surface area contributed by atoms with E-state index >= 15 is 0 Å². The summed E-state index contributed by atoms with van der Waals surface area (Å²) in [5.41, 5.74) is 0.650. The van der Waals surface area contributed by atoms with Crippen molar-refractivity contribution in [3.8, 4) is 17.2 Å². The molecule has 0 bridgehead atoms. The second-order valence-electron chi connectivity index (χ2n) is 5.36. The van der Waals surface area contributed by atoms with Crippen LogP contribution in [-0.2, 0) is 0 Å². The van der Waals surface area contributed by atoms with Crippen molar-refractivity contribution in [2.45, 2.75) is 6.18 Å². The predicted octanol–water partition coefficient (Wildman–Crippen LogP) is 4.30. The average molecular weight is 388 g/mol. The van der Waals surface area contributed by atoms with Crippen LogP contribution in [0.3, 0.4) is 0 Å². The molecule has 9 heteroatoms. The number of carbonyl (C=O) groups is 1. The Bertz CT molecular complexity index is 809. The molecule has 1 heterocycles. The van der Waals surface area contributed by atoms with E-state index in [4.69, 9.17) is 21.1 Å². The van der Waals surface area contributed by atoms with Crippen molar-refractivity contribution in [3.63, 3.8) is 0 Å². The summed E-state index contributed by atoms with van der Waals surface area (Å²) in [6.45, 7) is -0.650. The van der Waals surface area contributed by atoms with Crippen molar-refractivity contribution in [1.82, 2.24) is 0 Å². The highest BCUT2D eigenvalue weighted by molar-refractivity contribution is 6.32. The summed E-state index contributed by atoms with van der Waals surface area (Å²) in [5.74, 6) is 0.362. The van der Waals surface area contributed by atoms with Crippen LogP contribution < -0.4 is 19.5 Å². The molecule has 0 fully saturated rings. The Labute approximate surface area is 151 Å². The van der Waals surface area contributed by atoms with E-state index in [-0.39, 0.29) is 16.3 Å². The first-order valence-corrected chi connectivity index (χ1v) is 7.90. The van der Waals surface area contributed by atoms with Crippen molar-refractivity contribution in [1.29, 1.82) is 0 Å². The van der Waals surface area contributed by atoms with Crippen molar-refractivity contribution in [3.05, 3.63) is 47.0 Å². The molecule has 0 unspecified atom stereocenters. The summed E-state index contributed by atoms with van der Waals surface area (Å²) in [6, 6.07) is 8.49. The van der Waals surface area contributed by atoms with Crippen molar-refractivity contribution in [2.24, 2.45) is 0 Å². The van der Waals surface area contributed by atoms with Gasteiger partial charge in [-0.05, 0) is 36.4 Å². The molecule has 2 aromatic carbocycles. The van der Waals surface area contributed by atoms with Gasteiger partial charge >= 0.3 is 6.18 Å². The third-order valence-corrected chi connectivity index (χ3v) is 3.65. The van der Waals surface area contributed by atoms with Gasteiger partial charge in [0.2, 0.25) is 0 Å². The minimum absolute atomic E-state index is 0.0442. The number of rotatable bonds is 4.